The zero-order valence-electron chi connectivity index (χ0n) is 11.0. The lowest BCUT2D eigenvalue weighted by Crippen LogP contribution is -2.46. The Morgan fingerprint density at radius 3 is 2.74 bits per heavy atom. The van der Waals surface area contributed by atoms with E-state index in [-0.39, 0.29) is 5.88 Å². The van der Waals surface area contributed by atoms with Gasteiger partial charge in [-0.15, -0.1) is 0 Å². The molecule has 19 heavy (non-hydrogen) atoms. The second-order valence-corrected chi connectivity index (χ2v) is 4.75. The molecule has 3 heterocycles. The van der Waals surface area contributed by atoms with Crippen LogP contribution in [0.1, 0.15) is 5.69 Å². The molecule has 1 fully saturated rings. The number of fused-ring (bicyclic) bond motifs is 1. The Labute approximate surface area is 111 Å². The van der Waals surface area contributed by atoms with Crippen LogP contribution in [0.15, 0.2) is 31.1 Å². The normalized spacial score (nSPS) is 16.1. The van der Waals surface area contributed by atoms with E-state index in [4.69, 9.17) is 0 Å². The summed E-state index contributed by atoms with van der Waals surface area (Å²) < 4.78 is 2.00. The van der Waals surface area contributed by atoms with Crippen molar-refractivity contribution in [2.75, 3.05) is 31.1 Å². The summed E-state index contributed by atoms with van der Waals surface area (Å²) in [5.74, 6) is 1.04. The molecule has 0 amide bonds. The average molecular weight is 259 g/mol. The highest BCUT2D eigenvalue weighted by molar-refractivity contribution is 5.64. The van der Waals surface area contributed by atoms with Crippen LogP contribution in [0.3, 0.4) is 0 Å². The molecule has 0 bridgehead atoms. The Balaban J connectivity index is 1.87. The second-order valence-electron chi connectivity index (χ2n) is 4.75. The van der Waals surface area contributed by atoms with Crippen LogP contribution in [-0.2, 0) is 0 Å². The minimum Gasteiger partial charge on any atom is -0.495 e. The Hall–Kier alpha value is -2.24. The van der Waals surface area contributed by atoms with Crippen molar-refractivity contribution in [3.05, 3.63) is 36.7 Å². The van der Waals surface area contributed by atoms with Gasteiger partial charge in [-0.25, -0.2) is 9.97 Å². The van der Waals surface area contributed by atoms with E-state index in [9.17, 15) is 5.11 Å². The first-order valence-electron chi connectivity index (χ1n) is 6.33. The topological polar surface area (TPSA) is 56.9 Å². The number of hydrogen-bond donors (Lipinski definition) is 1. The molecule has 0 unspecified atom stereocenters. The molecule has 1 aliphatic rings. The van der Waals surface area contributed by atoms with Gasteiger partial charge in [-0.1, -0.05) is 0 Å². The quantitative estimate of drug-likeness (QED) is 0.821. The Kier molecular flexibility index (Phi) is 2.77. The van der Waals surface area contributed by atoms with Crippen LogP contribution in [0.2, 0.25) is 0 Å². The van der Waals surface area contributed by atoms with Crippen molar-refractivity contribution in [3.63, 3.8) is 0 Å². The molecule has 0 atom stereocenters. The lowest BCUT2D eigenvalue weighted by atomic mass is 10.3. The van der Waals surface area contributed by atoms with E-state index < -0.39 is 0 Å². The largest absolute Gasteiger partial charge is 0.495 e. The highest BCUT2D eigenvalue weighted by Gasteiger charge is 2.21. The van der Waals surface area contributed by atoms with Gasteiger partial charge in [0.05, 0.1) is 5.69 Å². The summed E-state index contributed by atoms with van der Waals surface area (Å²) in [7, 11) is 0. The number of anilines is 1. The van der Waals surface area contributed by atoms with Crippen LogP contribution >= 0.6 is 0 Å². The number of piperazine rings is 1. The van der Waals surface area contributed by atoms with Gasteiger partial charge in [-0.2, -0.15) is 0 Å². The summed E-state index contributed by atoms with van der Waals surface area (Å²) in [4.78, 5) is 13.0. The molecule has 100 valence electrons. The summed E-state index contributed by atoms with van der Waals surface area (Å²) in [6, 6.07) is 0. The summed E-state index contributed by atoms with van der Waals surface area (Å²) in [6.07, 6.45) is 5.69. The van der Waals surface area contributed by atoms with Crippen LogP contribution in [0.5, 0.6) is 0 Å². The minimum atomic E-state index is 0.141. The second kappa shape index (κ2) is 4.46. The van der Waals surface area contributed by atoms with Gasteiger partial charge in [0.2, 0.25) is 0 Å². The summed E-state index contributed by atoms with van der Waals surface area (Å²) >= 11 is 0. The maximum atomic E-state index is 9.39. The maximum Gasteiger partial charge on any atom is 0.180 e. The van der Waals surface area contributed by atoms with E-state index in [1.54, 1.807) is 6.20 Å². The van der Waals surface area contributed by atoms with Crippen molar-refractivity contribution in [1.82, 2.24) is 19.3 Å². The monoisotopic (exact) mass is 259 g/mol. The van der Waals surface area contributed by atoms with E-state index in [0.717, 1.165) is 43.3 Å². The van der Waals surface area contributed by atoms with Crippen molar-refractivity contribution in [3.8, 4) is 0 Å². The van der Waals surface area contributed by atoms with Gasteiger partial charge in [0.1, 0.15) is 0 Å². The minimum absolute atomic E-state index is 0.141. The maximum absolute atomic E-state index is 9.39. The van der Waals surface area contributed by atoms with Crippen molar-refractivity contribution >= 4 is 11.5 Å². The van der Waals surface area contributed by atoms with Gasteiger partial charge in [0, 0.05) is 44.8 Å². The number of aromatic nitrogens is 3. The molecule has 2 aromatic heterocycles. The SMILES string of the molecule is C=C(O)N1CCN(c2nccn3cc(C)nc23)CC1. The van der Waals surface area contributed by atoms with E-state index in [1.807, 2.05) is 28.6 Å². The molecule has 0 radical (unpaired) electrons. The van der Waals surface area contributed by atoms with Crippen molar-refractivity contribution in [2.45, 2.75) is 6.92 Å². The molecule has 0 spiro atoms. The molecular formula is C13H17N5O. The molecule has 6 heteroatoms. The molecule has 0 saturated carbocycles. The van der Waals surface area contributed by atoms with Crippen LogP contribution in [0, 0.1) is 6.92 Å². The first-order valence-corrected chi connectivity index (χ1v) is 6.33. The highest BCUT2D eigenvalue weighted by atomic mass is 16.3. The Morgan fingerprint density at radius 2 is 2.05 bits per heavy atom. The van der Waals surface area contributed by atoms with E-state index in [2.05, 4.69) is 21.4 Å². The first kappa shape index (κ1) is 11.8. The number of nitrogens with zero attached hydrogens (tertiary/aromatic N) is 5. The molecule has 2 aromatic rings. The fourth-order valence-corrected chi connectivity index (χ4v) is 2.43. The van der Waals surface area contributed by atoms with Crippen molar-refractivity contribution in [1.29, 1.82) is 0 Å². The molecule has 0 aliphatic carbocycles. The third kappa shape index (κ3) is 2.09. The lowest BCUT2D eigenvalue weighted by Gasteiger charge is -2.35. The van der Waals surface area contributed by atoms with Gasteiger partial charge in [-0.05, 0) is 13.5 Å². The fraction of sp³-hybridized carbons (Fsp3) is 0.385. The van der Waals surface area contributed by atoms with Gasteiger partial charge >= 0.3 is 0 Å². The fourth-order valence-electron chi connectivity index (χ4n) is 2.43. The number of aliphatic hydroxyl groups excluding tert-OH is 1. The third-order valence-electron chi connectivity index (χ3n) is 3.42. The predicted molar refractivity (Wildman–Crippen MR) is 73.3 cm³/mol. The summed E-state index contributed by atoms with van der Waals surface area (Å²) in [5.41, 5.74) is 1.87. The smallest absolute Gasteiger partial charge is 0.180 e. The number of aliphatic hydroxyl groups is 1. The number of imidazole rings is 1. The van der Waals surface area contributed by atoms with Crippen LogP contribution in [-0.4, -0.2) is 50.6 Å². The standard InChI is InChI=1S/C13H17N5O/c1-10-9-18-4-3-14-12(13(18)15-10)17-7-5-16(6-8-17)11(2)19/h3-4,9,19H,2,5-8H2,1H3. The number of aryl methyl sites for hydroxylation is 1. The zero-order valence-corrected chi connectivity index (χ0v) is 11.0. The molecular weight excluding hydrogens is 242 g/mol. The van der Waals surface area contributed by atoms with Gasteiger partial charge in [0.25, 0.3) is 0 Å². The zero-order chi connectivity index (χ0) is 13.4. The van der Waals surface area contributed by atoms with Gasteiger partial charge in [-0.3, -0.25) is 0 Å². The summed E-state index contributed by atoms with van der Waals surface area (Å²) in [5, 5.41) is 9.39. The van der Waals surface area contributed by atoms with Crippen LogP contribution in [0.4, 0.5) is 5.82 Å². The lowest BCUT2D eigenvalue weighted by molar-refractivity contribution is 0.194. The number of rotatable bonds is 2. The molecule has 1 N–H and O–H groups in total. The third-order valence-corrected chi connectivity index (χ3v) is 3.42. The van der Waals surface area contributed by atoms with Gasteiger partial charge < -0.3 is 19.3 Å². The molecule has 6 nitrogen and oxygen atoms in total. The first-order chi connectivity index (χ1) is 9.15. The predicted octanol–water partition coefficient (Wildman–Crippen LogP) is 1.19. The molecule has 3 rings (SSSR count). The van der Waals surface area contributed by atoms with Crippen molar-refractivity contribution in [2.24, 2.45) is 0 Å². The Bertz CT molecular complexity index is 613. The Morgan fingerprint density at radius 1 is 1.32 bits per heavy atom. The van der Waals surface area contributed by atoms with Crippen LogP contribution in [0.25, 0.3) is 5.65 Å². The van der Waals surface area contributed by atoms with E-state index >= 15 is 0 Å². The van der Waals surface area contributed by atoms with Crippen molar-refractivity contribution < 1.29 is 5.11 Å². The van der Waals surface area contributed by atoms with Gasteiger partial charge in [0.15, 0.2) is 17.3 Å². The molecule has 0 aromatic carbocycles. The van der Waals surface area contributed by atoms with E-state index in [0.29, 0.717) is 0 Å². The number of hydrogen-bond acceptors (Lipinski definition) is 5. The highest BCUT2D eigenvalue weighted by Crippen LogP contribution is 2.20. The van der Waals surface area contributed by atoms with Crippen LogP contribution < -0.4 is 4.90 Å². The summed E-state index contributed by atoms with van der Waals surface area (Å²) in [6.45, 7) is 8.64. The molecule has 1 aliphatic heterocycles. The molecule has 1 saturated heterocycles. The average Bonchev–Trinajstić information content (AvgIpc) is 2.78. The van der Waals surface area contributed by atoms with E-state index in [1.165, 1.54) is 0 Å².